The van der Waals surface area contributed by atoms with Crippen LogP contribution in [0.1, 0.15) is 18.4 Å². The molecule has 7 heteroatoms. The number of para-hydroxylation sites is 1. The van der Waals surface area contributed by atoms with Gasteiger partial charge in [-0.15, -0.1) is 0 Å². The zero-order valence-corrected chi connectivity index (χ0v) is 12.3. The Morgan fingerprint density at radius 3 is 2.80 bits per heavy atom. The molecule has 0 amide bonds. The summed E-state index contributed by atoms with van der Waals surface area (Å²) in [6, 6.07) is 7.91. The molecule has 1 aromatic carbocycles. The van der Waals surface area contributed by atoms with Gasteiger partial charge >= 0.3 is 0 Å². The van der Waals surface area contributed by atoms with Crippen molar-refractivity contribution in [3.8, 4) is 0 Å². The van der Waals surface area contributed by atoms with Crippen LogP contribution in [0.4, 0.5) is 0 Å². The summed E-state index contributed by atoms with van der Waals surface area (Å²) in [6.45, 7) is 0. The van der Waals surface area contributed by atoms with E-state index in [-0.39, 0.29) is 28.8 Å². The summed E-state index contributed by atoms with van der Waals surface area (Å²) in [7, 11) is -4.22. The molecule has 0 aliphatic rings. The molecule has 0 saturated carbocycles. The molecular formula is C13H14NO4S2-. The molecule has 2 rings (SSSR count). The number of ketones is 1. The molecule has 2 aromatic rings. The standard InChI is InChI=1S/C13H15NO4S2/c15-11(9-19-20(16,17)18)5-3-4-10-8-14-13-7-2-1-6-12(10)13/h1-2,6-8,14H,3-5,9H2,(H,16,17,18)/p-1. The average molecular weight is 312 g/mol. The van der Waals surface area contributed by atoms with Crippen LogP contribution in [0.25, 0.3) is 10.9 Å². The lowest BCUT2D eigenvalue weighted by molar-refractivity contribution is -0.116. The molecule has 0 fully saturated rings. The normalized spacial score (nSPS) is 11.8. The monoisotopic (exact) mass is 312 g/mol. The quantitative estimate of drug-likeness (QED) is 0.625. The minimum absolute atomic E-state index is 0.153. The fraction of sp³-hybridized carbons (Fsp3) is 0.308. The molecule has 0 saturated heterocycles. The predicted octanol–water partition coefficient (Wildman–Crippen LogP) is 2.25. The number of Topliss-reactive ketones (excluding diaryl/α,β-unsaturated/α-hetero) is 1. The van der Waals surface area contributed by atoms with Crippen LogP contribution in [-0.4, -0.2) is 29.5 Å². The molecule has 5 nitrogen and oxygen atoms in total. The van der Waals surface area contributed by atoms with Gasteiger partial charge in [0.15, 0.2) is 0 Å². The Kier molecular flexibility index (Phi) is 4.85. The largest absolute Gasteiger partial charge is 0.739 e. The fourth-order valence-corrected chi connectivity index (χ4v) is 3.27. The van der Waals surface area contributed by atoms with Gasteiger partial charge in [0.2, 0.25) is 0 Å². The van der Waals surface area contributed by atoms with Gasteiger partial charge in [0.05, 0.1) is 5.75 Å². The number of fused-ring (bicyclic) bond motifs is 1. The van der Waals surface area contributed by atoms with Crippen LogP contribution in [0.15, 0.2) is 30.5 Å². The van der Waals surface area contributed by atoms with Crippen molar-refractivity contribution in [2.75, 3.05) is 5.75 Å². The van der Waals surface area contributed by atoms with Crippen LogP contribution in [0.2, 0.25) is 0 Å². The van der Waals surface area contributed by atoms with Gasteiger partial charge in [-0.05, 0) is 35.3 Å². The maximum absolute atomic E-state index is 11.4. The van der Waals surface area contributed by atoms with Gasteiger partial charge in [-0.2, -0.15) is 0 Å². The smallest absolute Gasteiger partial charge is 0.149 e. The van der Waals surface area contributed by atoms with Crippen LogP contribution < -0.4 is 0 Å². The first-order valence-electron chi connectivity index (χ1n) is 6.12. The maximum Gasteiger partial charge on any atom is 0.149 e. The third-order valence-corrected chi connectivity index (χ3v) is 4.89. The molecule has 1 heterocycles. The van der Waals surface area contributed by atoms with Gasteiger partial charge in [0, 0.05) is 23.5 Å². The second-order valence-corrected chi connectivity index (χ2v) is 7.69. The van der Waals surface area contributed by atoms with Gasteiger partial charge < -0.3 is 9.54 Å². The number of carbonyl (C=O) groups is 1. The molecular weight excluding hydrogens is 298 g/mol. The minimum Gasteiger partial charge on any atom is -0.739 e. The second-order valence-electron chi connectivity index (χ2n) is 4.42. The summed E-state index contributed by atoms with van der Waals surface area (Å²) in [4.78, 5) is 14.6. The zero-order valence-electron chi connectivity index (χ0n) is 10.7. The number of rotatable bonds is 7. The Labute approximate surface area is 120 Å². The van der Waals surface area contributed by atoms with Gasteiger partial charge in [0.25, 0.3) is 0 Å². The number of hydrogen-bond acceptors (Lipinski definition) is 5. The van der Waals surface area contributed by atoms with E-state index in [2.05, 4.69) is 4.98 Å². The molecule has 0 aliphatic heterocycles. The van der Waals surface area contributed by atoms with Crippen molar-refractivity contribution in [2.24, 2.45) is 0 Å². The van der Waals surface area contributed by atoms with E-state index in [0.29, 0.717) is 6.42 Å². The van der Waals surface area contributed by atoms with Gasteiger partial charge in [-0.1, -0.05) is 18.2 Å². The highest BCUT2D eigenvalue weighted by atomic mass is 33.1. The van der Waals surface area contributed by atoms with Crippen LogP contribution in [0, 0.1) is 0 Å². The Balaban J connectivity index is 1.83. The first kappa shape index (κ1) is 15.1. The topological polar surface area (TPSA) is 90.1 Å². The number of H-pyrrole nitrogens is 1. The summed E-state index contributed by atoms with van der Waals surface area (Å²) in [6.07, 6.45) is 3.58. The molecule has 0 unspecified atom stereocenters. The van der Waals surface area contributed by atoms with E-state index in [1.165, 1.54) is 0 Å². The van der Waals surface area contributed by atoms with Crippen molar-refractivity contribution in [3.63, 3.8) is 0 Å². The zero-order chi connectivity index (χ0) is 14.6. The molecule has 0 bridgehead atoms. The number of carbonyl (C=O) groups excluding carboxylic acids is 1. The van der Waals surface area contributed by atoms with Crippen molar-refractivity contribution in [3.05, 3.63) is 36.0 Å². The van der Waals surface area contributed by atoms with Crippen LogP contribution in [-0.2, 0) is 20.4 Å². The molecule has 1 N–H and O–H groups in total. The van der Waals surface area contributed by atoms with Crippen LogP contribution in [0.5, 0.6) is 0 Å². The Bertz CT molecular complexity index is 706. The highest BCUT2D eigenvalue weighted by Crippen LogP contribution is 2.19. The van der Waals surface area contributed by atoms with E-state index in [1.54, 1.807) is 0 Å². The second kappa shape index (κ2) is 6.43. The number of hydrogen-bond donors (Lipinski definition) is 1. The summed E-state index contributed by atoms with van der Waals surface area (Å²) in [5.74, 6) is -0.478. The summed E-state index contributed by atoms with van der Waals surface area (Å²) in [5, 5.41) is 1.14. The molecule has 0 spiro atoms. The Morgan fingerprint density at radius 1 is 1.30 bits per heavy atom. The number of aromatic amines is 1. The Hall–Kier alpha value is -1.31. The van der Waals surface area contributed by atoms with Crippen molar-refractivity contribution in [1.29, 1.82) is 0 Å². The third-order valence-electron chi connectivity index (χ3n) is 2.94. The SMILES string of the molecule is O=C(CCCc1c[nH]c2ccccc12)CSS(=O)(=O)[O-]. The van der Waals surface area contributed by atoms with Gasteiger partial charge in [-0.3, -0.25) is 4.79 Å². The molecule has 20 heavy (non-hydrogen) atoms. The third kappa shape index (κ3) is 4.36. The van der Waals surface area contributed by atoms with Crippen molar-refractivity contribution < 1.29 is 17.8 Å². The lowest BCUT2D eigenvalue weighted by Crippen LogP contribution is -2.05. The summed E-state index contributed by atoms with van der Waals surface area (Å²) in [5.41, 5.74) is 2.19. The number of nitrogens with one attached hydrogen (secondary N) is 1. The van der Waals surface area contributed by atoms with Crippen LogP contribution in [0.3, 0.4) is 0 Å². The summed E-state index contributed by atoms with van der Waals surface area (Å²) < 4.78 is 31.2. The van der Waals surface area contributed by atoms with E-state index < -0.39 is 9.15 Å². The van der Waals surface area contributed by atoms with E-state index >= 15 is 0 Å². The minimum atomic E-state index is -4.38. The number of benzene rings is 1. The van der Waals surface area contributed by atoms with E-state index in [4.69, 9.17) is 0 Å². The highest BCUT2D eigenvalue weighted by molar-refractivity contribution is 8.70. The van der Waals surface area contributed by atoms with Crippen LogP contribution >= 0.6 is 10.8 Å². The molecule has 0 atom stereocenters. The molecule has 0 radical (unpaired) electrons. The summed E-state index contributed by atoms with van der Waals surface area (Å²) >= 11 is 0. The van der Waals surface area contributed by atoms with E-state index in [9.17, 15) is 17.8 Å². The van der Waals surface area contributed by atoms with Gasteiger partial charge in [-0.25, -0.2) is 8.42 Å². The van der Waals surface area contributed by atoms with E-state index in [1.807, 2.05) is 30.5 Å². The lowest BCUT2D eigenvalue weighted by atomic mass is 10.1. The van der Waals surface area contributed by atoms with Crippen molar-refractivity contribution in [2.45, 2.75) is 19.3 Å². The van der Waals surface area contributed by atoms with Crippen molar-refractivity contribution in [1.82, 2.24) is 4.98 Å². The molecule has 0 aliphatic carbocycles. The first-order chi connectivity index (χ1) is 9.46. The number of aromatic nitrogens is 1. The van der Waals surface area contributed by atoms with E-state index in [0.717, 1.165) is 22.9 Å². The van der Waals surface area contributed by atoms with Gasteiger partial charge in [0.1, 0.15) is 14.9 Å². The number of aryl methyl sites for hydroxylation is 1. The maximum atomic E-state index is 11.4. The first-order valence-corrected chi connectivity index (χ1v) is 9.04. The van der Waals surface area contributed by atoms with Crippen molar-refractivity contribution >= 4 is 36.6 Å². The lowest BCUT2D eigenvalue weighted by Gasteiger charge is -2.04. The average Bonchev–Trinajstić information content (AvgIpc) is 2.79. The highest BCUT2D eigenvalue weighted by Gasteiger charge is 2.07. The predicted molar refractivity (Wildman–Crippen MR) is 78.4 cm³/mol. The molecule has 1 aromatic heterocycles. The Morgan fingerprint density at radius 2 is 2.05 bits per heavy atom. The molecule has 108 valence electrons. The fourth-order valence-electron chi connectivity index (χ4n) is 2.02.